The molecular formula is C21H33N3O2. The fraction of sp³-hybridized carbons (Fsp3) is 0.714. The van der Waals surface area contributed by atoms with Crippen molar-refractivity contribution in [2.24, 2.45) is 0 Å². The van der Waals surface area contributed by atoms with Crippen LogP contribution in [0.15, 0.2) is 18.3 Å². The number of carbonyl (C=O) groups is 1. The highest BCUT2D eigenvalue weighted by atomic mass is 16.6. The molecule has 144 valence electrons. The fourth-order valence-electron chi connectivity index (χ4n) is 4.22. The minimum Gasteiger partial charge on any atom is -0.443 e. The number of likely N-dealkylation sites (tertiary alicyclic amines) is 1. The van der Waals surface area contributed by atoms with Crippen molar-refractivity contribution < 1.29 is 9.53 Å². The molecule has 1 aliphatic carbocycles. The standard InChI is InChI=1S/C21H33N3O2/c1-5-23-14-8-11-18(23)16-12-13-19(22-15-16)24(17-9-6-7-10-17)20(25)26-21(2,3)4/h12-13,15,17-18H,5-11,14H2,1-4H3/t18-/m0/s1. The Hall–Kier alpha value is -1.62. The SMILES string of the molecule is CCN1CCC[C@H]1c1ccc(N(C(=O)OC(C)(C)C)C2CCCC2)nc1. The third kappa shape index (κ3) is 4.37. The number of hydrogen-bond acceptors (Lipinski definition) is 4. The van der Waals surface area contributed by atoms with Crippen molar-refractivity contribution >= 4 is 11.9 Å². The van der Waals surface area contributed by atoms with Gasteiger partial charge in [-0.15, -0.1) is 0 Å². The largest absolute Gasteiger partial charge is 0.443 e. The summed E-state index contributed by atoms with van der Waals surface area (Å²) < 4.78 is 5.67. The first-order valence-electron chi connectivity index (χ1n) is 10.1. The van der Waals surface area contributed by atoms with Crippen molar-refractivity contribution in [1.29, 1.82) is 0 Å². The Morgan fingerprint density at radius 2 is 1.96 bits per heavy atom. The highest BCUT2D eigenvalue weighted by Gasteiger charge is 2.33. The number of anilines is 1. The summed E-state index contributed by atoms with van der Waals surface area (Å²) in [5, 5.41) is 0. The lowest BCUT2D eigenvalue weighted by Gasteiger charge is -2.31. The van der Waals surface area contributed by atoms with Crippen LogP contribution in [-0.4, -0.2) is 40.7 Å². The number of nitrogens with zero attached hydrogens (tertiary/aromatic N) is 3. The van der Waals surface area contributed by atoms with Crippen LogP contribution in [0.2, 0.25) is 0 Å². The molecule has 3 rings (SSSR count). The van der Waals surface area contributed by atoms with Crippen molar-refractivity contribution in [2.75, 3.05) is 18.0 Å². The Morgan fingerprint density at radius 3 is 2.54 bits per heavy atom. The van der Waals surface area contributed by atoms with Gasteiger partial charge in [0.25, 0.3) is 0 Å². The van der Waals surface area contributed by atoms with E-state index >= 15 is 0 Å². The first-order valence-corrected chi connectivity index (χ1v) is 10.1. The lowest BCUT2D eigenvalue weighted by atomic mass is 10.1. The summed E-state index contributed by atoms with van der Waals surface area (Å²) in [7, 11) is 0. The lowest BCUT2D eigenvalue weighted by molar-refractivity contribution is 0.0564. The Balaban J connectivity index is 1.81. The molecule has 5 heteroatoms. The summed E-state index contributed by atoms with van der Waals surface area (Å²) in [4.78, 5) is 21.8. The molecular weight excluding hydrogens is 326 g/mol. The molecule has 0 bridgehead atoms. The number of amides is 1. The van der Waals surface area contributed by atoms with Crippen LogP contribution in [-0.2, 0) is 4.74 Å². The zero-order valence-corrected chi connectivity index (χ0v) is 16.7. The van der Waals surface area contributed by atoms with Crippen LogP contribution in [0.5, 0.6) is 0 Å². The molecule has 2 heterocycles. The van der Waals surface area contributed by atoms with Crippen LogP contribution in [0.25, 0.3) is 0 Å². The van der Waals surface area contributed by atoms with Crippen molar-refractivity contribution in [2.45, 2.75) is 83.9 Å². The molecule has 2 aliphatic rings. The van der Waals surface area contributed by atoms with Gasteiger partial charge >= 0.3 is 6.09 Å². The molecule has 0 radical (unpaired) electrons. The van der Waals surface area contributed by atoms with E-state index in [-0.39, 0.29) is 12.1 Å². The van der Waals surface area contributed by atoms with E-state index in [2.05, 4.69) is 22.9 Å². The first kappa shape index (κ1) is 19.2. The summed E-state index contributed by atoms with van der Waals surface area (Å²) in [6.07, 6.45) is 8.48. The maximum atomic E-state index is 12.8. The quantitative estimate of drug-likeness (QED) is 0.765. The van der Waals surface area contributed by atoms with E-state index in [0.717, 1.165) is 44.6 Å². The summed E-state index contributed by atoms with van der Waals surface area (Å²) in [5.41, 5.74) is 0.753. The zero-order valence-electron chi connectivity index (χ0n) is 16.7. The molecule has 0 spiro atoms. The van der Waals surface area contributed by atoms with E-state index in [1.54, 1.807) is 4.90 Å². The van der Waals surface area contributed by atoms with Gasteiger partial charge in [-0.05, 0) is 71.2 Å². The predicted octanol–water partition coefficient (Wildman–Crippen LogP) is 4.92. The number of aromatic nitrogens is 1. The number of pyridine rings is 1. The highest BCUT2D eigenvalue weighted by molar-refractivity contribution is 5.87. The first-order chi connectivity index (χ1) is 12.4. The van der Waals surface area contributed by atoms with Crippen LogP contribution in [0.1, 0.15) is 77.8 Å². The molecule has 1 aromatic rings. The zero-order chi connectivity index (χ0) is 18.7. The molecule has 5 nitrogen and oxygen atoms in total. The molecule has 1 atom stereocenters. The predicted molar refractivity (Wildman–Crippen MR) is 104 cm³/mol. The van der Waals surface area contributed by atoms with Crippen LogP contribution >= 0.6 is 0 Å². The van der Waals surface area contributed by atoms with E-state index in [1.165, 1.54) is 18.4 Å². The lowest BCUT2D eigenvalue weighted by Crippen LogP contribution is -2.43. The molecule has 1 aromatic heterocycles. The normalized spacial score (nSPS) is 21.9. The second-order valence-electron chi connectivity index (χ2n) is 8.52. The highest BCUT2D eigenvalue weighted by Crippen LogP contribution is 2.33. The minimum absolute atomic E-state index is 0.196. The van der Waals surface area contributed by atoms with E-state index in [9.17, 15) is 4.79 Å². The third-order valence-electron chi connectivity index (χ3n) is 5.45. The molecule has 1 aliphatic heterocycles. The topological polar surface area (TPSA) is 45.7 Å². The van der Waals surface area contributed by atoms with Gasteiger partial charge in [-0.2, -0.15) is 0 Å². The van der Waals surface area contributed by atoms with Crippen LogP contribution < -0.4 is 4.90 Å². The van der Waals surface area contributed by atoms with Crippen molar-refractivity contribution in [3.63, 3.8) is 0 Å². The van der Waals surface area contributed by atoms with Gasteiger partial charge in [0.2, 0.25) is 0 Å². The molecule has 1 saturated carbocycles. The molecule has 26 heavy (non-hydrogen) atoms. The minimum atomic E-state index is -0.501. The van der Waals surface area contributed by atoms with E-state index < -0.39 is 5.60 Å². The van der Waals surface area contributed by atoms with Crippen molar-refractivity contribution in [1.82, 2.24) is 9.88 Å². The third-order valence-corrected chi connectivity index (χ3v) is 5.45. The monoisotopic (exact) mass is 359 g/mol. The van der Waals surface area contributed by atoms with Crippen molar-refractivity contribution in [3.8, 4) is 0 Å². The second-order valence-corrected chi connectivity index (χ2v) is 8.52. The van der Waals surface area contributed by atoms with E-state index in [4.69, 9.17) is 4.74 Å². The van der Waals surface area contributed by atoms with Crippen LogP contribution in [0.3, 0.4) is 0 Å². The fourth-order valence-corrected chi connectivity index (χ4v) is 4.22. The average Bonchev–Trinajstić information content (AvgIpc) is 3.25. The number of ether oxygens (including phenoxy) is 1. The van der Waals surface area contributed by atoms with Gasteiger partial charge in [-0.3, -0.25) is 9.80 Å². The summed E-state index contributed by atoms with van der Waals surface area (Å²) in [6, 6.07) is 4.81. The summed E-state index contributed by atoms with van der Waals surface area (Å²) >= 11 is 0. The van der Waals surface area contributed by atoms with Crippen LogP contribution in [0, 0.1) is 0 Å². The van der Waals surface area contributed by atoms with Gasteiger partial charge in [-0.1, -0.05) is 25.8 Å². The van der Waals surface area contributed by atoms with E-state index in [0.29, 0.717) is 6.04 Å². The Labute approximate surface area is 157 Å². The maximum absolute atomic E-state index is 12.8. The molecule has 0 unspecified atom stereocenters. The van der Waals surface area contributed by atoms with E-state index in [1.807, 2.05) is 33.0 Å². The van der Waals surface area contributed by atoms with Gasteiger partial charge in [0.1, 0.15) is 11.4 Å². The van der Waals surface area contributed by atoms with Gasteiger partial charge in [-0.25, -0.2) is 9.78 Å². The van der Waals surface area contributed by atoms with Gasteiger partial charge in [0.15, 0.2) is 0 Å². The molecule has 1 amide bonds. The average molecular weight is 360 g/mol. The molecule has 2 fully saturated rings. The van der Waals surface area contributed by atoms with Gasteiger partial charge in [0.05, 0.1) is 0 Å². The van der Waals surface area contributed by atoms with Crippen LogP contribution in [0.4, 0.5) is 10.6 Å². The number of rotatable bonds is 4. The summed E-state index contributed by atoms with van der Waals surface area (Å²) in [6.45, 7) is 10.2. The van der Waals surface area contributed by atoms with Gasteiger partial charge in [0, 0.05) is 18.3 Å². The number of carbonyl (C=O) groups excluding carboxylic acids is 1. The maximum Gasteiger partial charge on any atom is 0.416 e. The number of hydrogen-bond donors (Lipinski definition) is 0. The second kappa shape index (κ2) is 7.95. The Morgan fingerprint density at radius 1 is 1.23 bits per heavy atom. The smallest absolute Gasteiger partial charge is 0.416 e. The summed E-state index contributed by atoms with van der Waals surface area (Å²) in [5.74, 6) is 0.718. The Kier molecular flexibility index (Phi) is 5.86. The molecule has 0 aromatic carbocycles. The Bertz CT molecular complexity index is 603. The van der Waals surface area contributed by atoms with Gasteiger partial charge < -0.3 is 4.74 Å². The van der Waals surface area contributed by atoms with Crippen molar-refractivity contribution in [3.05, 3.63) is 23.9 Å². The molecule has 0 N–H and O–H groups in total. The molecule has 1 saturated heterocycles.